The number of aryl methyl sites for hydroxylation is 1. The van der Waals surface area contributed by atoms with Gasteiger partial charge in [0.1, 0.15) is 12.1 Å². The van der Waals surface area contributed by atoms with E-state index in [1.54, 1.807) is 6.07 Å². The first-order valence-electron chi connectivity index (χ1n) is 5.26. The Kier molecular flexibility index (Phi) is 3.96. The minimum Gasteiger partial charge on any atom is -0.379 e. The third-order valence-electron chi connectivity index (χ3n) is 2.45. The smallest absolute Gasteiger partial charge is 0.137 e. The van der Waals surface area contributed by atoms with Crippen molar-refractivity contribution in [2.24, 2.45) is 0 Å². The van der Waals surface area contributed by atoms with Crippen LogP contribution in [-0.2, 0) is 16.0 Å². The zero-order chi connectivity index (χ0) is 11.4. The fraction of sp³-hybridized carbons (Fsp3) is 0.417. The van der Waals surface area contributed by atoms with Crippen LogP contribution in [0, 0.1) is 5.82 Å². The fourth-order valence-corrected chi connectivity index (χ4v) is 2.49. The molecule has 1 aliphatic heterocycles. The van der Waals surface area contributed by atoms with Gasteiger partial charge in [-0.2, -0.15) is 0 Å². The summed E-state index contributed by atoms with van der Waals surface area (Å²) < 4.78 is 18.7. The van der Waals surface area contributed by atoms with Gasteiger partial charge in [0.15, 0.2) is 0 Å². The number of hydrogen-bond acceptors (Lipinski definition) is 3. The Morgan fingerprint density at radius 2 is 2.31 bits per heavy atom. The average Bonchev–Trinajstić information content (AvgIpc) is 2.22. The maximum Gasteiger partial charge on any atom is 0.137 e. The first kappa shape index (κ1) is 11.6. The topological polar surface area (TPSA) is 26.3 Å². The molecule has 0 spiro atoms. The molecule has 1 fully saturated rings. The number of hydrogen-bond donors (Lipinski definition) is 0. The van der Waals surface area contributed by atoms with Crippen LogP contribution in [0.25, 0.3) is 0 Å². The van der Waals surface area contributed by atoms with Crippen molar-refractivity contribution < 1.29 is 13.9 Å². The van der Waals surface area contributed by atoms with Gasteiger partial charge in [-0.15, -0.1) is 11.8 Å². The monoisotopic (exact) mass is 240 g/mol. The molecule has 1 heterocycles. The highest BCUT2D eigenvalue weighted by Crippen LogP contribution is 2.30. The van der Waals surface area contributed by atoms with E-state index in [-0.39, 0.29) is 5.82 Å². The maximum atomic E-state index is 13.6. The number of thioether (sulfide) groups is 1. The van der Waals surface area contributed by atoms with Crippen LogP contribution in [-0.4, -0.2) is 24.7 Å². The lowest BCUT2D eigenvalue weighted by molar-refractivity contribution is -0.107. The van der Waals surface area contributed by atoms with Crippen LogP contribution in [0.15, 0.2) is 23.1 Å². The zero-order valence-corrected chi connectivity index (χ0v) is 9.63. The lowest BCUT2D eigenvalue weighted by atomic mass is 10.1. The Morgan fingerprint density at radius 3 is 2.88 bits per heavy atom. The Balaban J connectivity index is 2.00. The van der Waals surface area contributed by atoms with Crippen molar-refractivity contribution in [3.63, 3.8) is 0 Å². The quantitative estimate of drug-likeness (QED) is 0.739. The summed E-state index contributed by atoms with van der Waals surface area (Å²) >= 11 is 1.52. The summed E-state index contributed by atoms with van der Waals surface area (Å²) in [6, 6.07) is 5.19. The number of benzene rings is 1. The number of halogens is 1. The van der Waals surface area contributed by atoms with Crippen LogP contribution >= 0.6 is 11.8 Å². The lowest BCUT2D eigenvalue weighted by Crippen LogP contribution is -2.30. The minimum atomic E-state index is -0.194. The van der Waals surface area contributed by atoms with E-state index in [0.29, 0.717) is 36.2 Å². The van der Waals surface area contributed by atoms with Gasteiger partial charge in [0, 0.05) is 11.3 Å². The van der Waals surface area contributed by atoms with Crippen molar-refractivity contribution in [3.05, 3.63) is 29.6 Å². The molecule has 2 rings (SSSR count). The predicted octanol–water partition coefficient (Wildman–Crippen LogP) is 2.45. The Labute approximate surface area is 98.2 Å². The second-order valence-electron chi connectivity index (χ2n) is 3.75. The molecule has 2 nitrogen and oxygen atoms in total. The van der Waals surface area contributed by atoms with Gasteiger partial charge in [-0.3, -0.25) is 0 Å². The third-order valence-corrected chi connectivity index (χ3v) is 3.64. The second-order valence-corrected chi connectivity index (χ2v) is 5.09. The van der Waals surface area contributed by atoms with Crippen LogP contribution in [0.5, 0.6) is 0 Å². The molecular weight excluding hydrogens is 227 g/mol. The summed E-state index contributed by atoms with van der Waals surface area (Å²) in [6.45, 7) is 1.41. The summed E-state index contributed by atoms with van der Waals surface area (Å²) in [4.78, 5) is 10.9. The molecule has 0 aromatic heterocycles. The number of ether oxygens (including phenoxy) is 1. The summed E-state index contributed by atoms with van der Waals surface area (Å²) in [5.74, 6) is -0.194. The van der Waals surface area contributed by atoms with E-state index in [9.17, 15) is 9.18 Å². The van der Waals surface area contributed by atoms with Crippen LogP contribution in [0.4, 0.5) is 4.39 Å². The predicted molar refractivity (Wildman–Crippen MR) is 61.2 cm³/mol. The van der Waals surface area contributed by atoms with Gasteiger partial charge in [0.05, 0.1) is 18.5 Å². The fourth-order valence-electron chi connectivity index (χ4n) is 1.48. The van der Waals surface area contributed by atoms with Gasteiger partial charge < -0.3 is 9.53 Å². The van der Waals surface area contributed by atoms with Crippen molar-refractivity contribution in [3.8, 4) is 0 Å². The van der Waals surface area contributed by atoms with Crippen LogP contribution in [0.3, 0.4) is 0 Å². The summed E-state index contributed by atoms with van der Waals surface area (Å²) in [7, 11) is 0. The average molecular weight is 240 g/mol. The lowest BCUT2D eigenvalue weighted by Gasteiger charge is -2.25. The normalized spacial score (nSPS) is 15.8. The molecule has 16 heavy (non-hydrogen) atoms. The molecule has 86 valence electrons. The summed E-state index contributed by atoms with van der Waals surface area (Å²) in [6.07, 6.45) is 1.91. The van der Waals surface area contributed by atoms with E-state index in [0.717, 1.165) is 11.8 Å². The number of aldehydes is 1. The molecule has 0 aliphatic carbocycles. The van der Waals surface area contributed by atoms with Crippen molar-refractivity contribution in [1.29, 1.82) is 0 Å². The highest BCUT2D eigenvalue weighted by atomic mass is 32.2. The van der Waals surface area contributed by atoms with Crippen molar-refractivity contribution in [2.45, 2.75) is 23.0 Å². The van der Waals surface area contributed by atoms with E-state index < -0.39 is 0 Å². The maximum absolute atomic E-state index is 13.6. The molecular formula is C12H13FO2S. The molecule has 0 radical (unpaired) electrons. The molecule has 1 aliphatic rings. The van der Waals surface area contributed by atoms with Crippen molar-refractivity contribution in [2.75, 3.05) is 13.2 Å². The van der Waals surface area contributed by atoms with E-state index in [2.05, 4.69) is 0 Å². The van der Waals surface area contributed by atoms with E-state index in [1.807, 2.05) is 6.07 Å². The molecule has 0 N–H and O–H groups in total. The largest absolute Gasteiger partial charge is 0.379 e. The molecule has 1 aromatic carbocycles. The molecule has 1 saturated heterocycles. The molecule has 0 unspecified atom stereocenters. The summed E-state index contributed by atoms with van der Waals surface area (Å²) in [5.41, 5.74) is 0.874. The second kappa shape index (κ2) is 5.46. The van der Waals surface area contributed by atoms with E-state index in [1.165, 1.54) is 17.8 Å². The van der Waals surface area contributed by atoms with Crippen molar-refractivity contribution >= 4 is 18.0 Å². The zero-order valence-electron chi connectivity index (χ0n) is 8.82. The third kappa shape index (κ3) is 2.83. The first-order valence-corrected chi connectivity index (χ1v) is 6.14. The van der Waals surface area contributed by atoms with Crippen LogP contribution in [0.1, 0.15) is 12.0 Å². The standard InChI is InChI=1S/C12H13FO2S/c13-11-6-9(2-1-5-14)3-4-12(11)16-10-7-15-8-10/h3-6,10H,1-2,7-8H2. The SMILES string of the molecule is O=CCCc1ccc(SC2COC2)c(F)c1. The molecule has 0 amide bonds. The first-order chi connectivity index (χ1) is 7.79. The van der Waals surface area contributed by atoms with Gasteiger partial charge in [-0.05, 0) is 24.1 Å². The number of carbonyl (C=O) groups is 1. The Bertz CT molecular complexity index is 377. The van der Waals surface area contributed by atoms with E-state index in [4.69, 9.17) is 4.74 Å². The molecule has 0 atom stereocenters. The van der Waals surface area contributed by atoms with Crippen LogP contribution < -0.4 is 0 Å². The number of carbonyl (C=O) groups excluding carboxylic acids is 1. The Hall–Kier alpha value is -0.870. The van der Waals surface area contributed by atoms with Gasteiger partial charge in [0.25, 0.3) is 0 Å². The highest BCUT2D eigenvalue weighted by molar-refractivity contribution is 8.00. The molecule has 0 saturated carbocycles. The van der Waals surface area contributed by atoms with Gasteiger partial charge in [0.2, 0.25) is 0 Å². The van der Waals surface area contributed by atoms with Gasteiger partial charge in [-0.25, -0.2) is 4.39 Å². The van der Waals surface area contributed by atoms with Crippen molar-refractivity contribution in [1.82, 2.24) is 0 Å². The molecule has 4 heteroatoms. The molecule has 1 aromatic rings. The van der Waals surface area contributed by atoms with Gasteiger partial charge >= 0.3 is 0 Å². The van der Waals surface area contributed by atoms with Crippen LogP contribution in [0.2, 0.25) is 0 Å². The summed E-state index contributed by atoms with van der Waals surface area (Å²) in [5, 5.41) is 0.385. The van der Waals surface area contributed by atoms with E-state index >= 15 is 0 Å². The minimum absolute atomic E-state index is 0.194. The van der Waals surface area contributed by atoms with Gasteiger partial charge in [-0.1, -0.05) is 6.07 Å². The highest BCUT2D eigenvalue weighted by Gasteiger charge is 2.20. The Morgan fingerprint density at radius 1 is 1.50 bits per heavy atom. The number of rotatable bonds is 5. The molecule has 0 bridgehead atoms.